The molecule has 8 nitrogen and oxygen atoms in total. The summed E-state index contributed by atoms with van der Waals surface area (Å²) in [7, 11) is 1.50. The molecule has 37 heavy (non-hydrogen) atoms. The maximum Gasteiger partial charge on any atom is 0.262 e. The zero-order valence-corrected chi connectivity index (χ0v) is 20.7. The maximum absolute atomic E-state index is 13.9. The number of halogens is 1. The topological polar surface area (TPSA) is 113 Å². The molecule has 0 spiro atoms. The normalized spacial score (nSPS) is 11.6. The summed E-state index contributed by atoms with van der Waals surface area (Å²) in [4.78, 5) is 25.1. The molecule has 1 atom stereocenters. The third-order valence-electron chi connectivity index (χ3n) is 5.45. The van der Waals surface area contributed by atoms with E-state index in [1.807, 2.05) is 12.1 Å². The van der Waals surface area contributed by atoms with E-state index in [0.717, 1.165) is 5.56 Å². The molecular formula is C28H27FN4O4. The van der Waals surface area contributed by atoms with Crippen molar-refractivity contribution in [2.75, 3.05) is 7.11 Å². The van der Waals surface area contributed by atoms with Crippen molar-refractivity contribution in [1.29, 1.82) is 5.26 Å². The molecule has 0 saturated heterocycles. The number of amides is 2. The molecule has 2 amide bonds. The zero-order valence-electron chi connectivity index (χ0n) is 20.7. The van der Waals surface area contributed by atoms with E-state index in [1.54, 1.807) is 50.2 Å². The van der Waals surface area contributed by atoms with Crippen molar-refractivity contribution < 1.29 is 23.5 Å². The Kier molecular flexibility index (Phi) is 9.33. The van der Waals surface area contributed by atoms with E-state index in [4.69, 9.17) is 9.47 Å². The molecule has 9 heteroatoms. The van der Waals surface area contributed by atoms with E-state index in [1.165, 1.54) is 31.5 Å². The lowest BCUT2D eigenvalue weighted by Gasteiger charge is -2.20. The van der Waals surface area contributed by atoms with E-state index in [-0.39, 0.29) is 18.1 Å². The third-order valence-corrected chi connectivity index (χ3v) is 5.45. The van der Waals surface area contributed by atoms with Gasteiger partial charge < -0.3 is 14.8 Å². The highest BCUT2D eigenvalue weighted by molar-refractivity contribution is 5.98. The van der Waals surface area contributed by atoms with Crippen LogP contribution in [0.3, 0.4) is 0 Å². The lowest BCUT2D eigenvalue weighted by molar-refractivity contribution is -0.123. The van der Waals surface area contributed by atoms with Crippen LogP contribution in [0.25, 0.3) is 0 Å². The van der Waals surface area contributed by atoms with Gasteiger partial charge in [0.25, 0.3) is 11.8 Å². The minimum Gasteiger partial charge on any atom is -0.493 e. The molecule has 3 aromatic rings. The highest BCUT2D eigenvalue weighted by Gasteiger charge is 2.25. The van der Waals surface area contributed by atoms with Crippen molar-refractivity contribution in [1.82, 2.24) is 10.7 Å². The van der Waals surface area contributed by atoms with Gasteiger partial charge in [-0.1, -0.05) is 44.2 Å². The average Bonchev–Trinajstić information content (AvgIpc) is 2.90. The number of nitrogens with one attached hydrogen (secondary N) is 2. The number of nitriles is 1. The second kappa shape index (κ2) is 12.8. The average molecular weight is 503 g/mol. The molecule has 0 aliphatic carbocycles. The van der Waals surface area contributed by atoms with Crippen LogP contribution < -0.4 is 20.2 Å². The first-order valence-electron chi connectivity index (χ1n) is 11.5. The second-order valence-corrected chi connectivity index (χ2v) is 8.38. The molecule has 0 heterocycles. The lowest BCUT2D eigenvalue weighted by atomic mass is 10.0. The lowest BCUT2D eigenvalue weighted by Crippen LogP contribution is -2.48. The Balaban J connectivity index is 1.63. The molecule has 1 unspecified atom stereocenters. The molecule has 3 aromatic carbocycles. The van der Waals surface area contributed by atoms with Crippen LogP contribution in [0, 0.1) is 23.1 Å². The Hall–Kier alpha value is -4.71. The van der Waals surface area contributed by atoms with E-state index in [2.05, 4.69) is 21.9 Å². The molecule has 190 valence electrons. The van der Waals surface area contributed by atoms with Crippen molar-refractivity contribution in [3.63, 3.8) is 0 Å². The van der Waals surface area contributed by atoms with Gasteiger partial charge in [-0.3, -0.25) is 9.59 Å². The molecule has 0 aromatic heterocycles. The monoisotopic (exact) mass is 502 g/mol. The summed E-state index contributed by atoms with van der Waals surface area (Å²) in [5, 5.41) is 15.8. The predicted octanol–water partition coefficient (Wildman–Crippen LogP) is 4.19. The molecule has 0 aliphatic rings. The number of hydrazone groups is 1. The van der Waals surface area contributed by atoms with Crippen LogP contribution in [-0.2, 0) is 11.4 Å². The number of carbonyl (C=O) groups is 2. The van der Waals surface area contributed by atoms with Gasteiger partial charge in [0.05, 0.1) is 30.5 Å². The van der Waals surface area contributed by atoms with Crippen molar-refractivity contribution >= 4 is 18.0 Å². The van der Waals surface area contributed by atoms with Gasteiger partial charge >= 0.3 is 0 Å². The van der Waals surface area contributed by atoms with E-state index in [0.29, 0.717) is 22.6 Å². The quantitative estimate of drug-likeness (QED) is 0.319. The van der Waals surface area contributed by atoms with Crippen LogP contribution >= 0.6 is 0 Å². The number of ether oxygens (including phenoxy) is 2. The minimum atomic E-state index is -0.925. The van der Waals surface area contributed by atoms with Gasteiger partial charge in [-0.2, -0.15) is 10.4 Å². The van der Waals surface area contributed by atoms with E-state index < -0.39 is 23.7 Å². The fraction of sp³-hybridized carbons (Fsp3) is 0.214. The van der Waals surface area contributed by atoms with E-state index in [9.17, 15) is 19.2 Å². The van der Waals surface area contributed by atoms with Crippen LogP contribution in [-0.4, -0.2) is 31.2 Å². The summed E-state index contributed by atoms with van der Waals surface area (Å²) < 4.78 is 25.2. The first-order valence-corrected chi connectivity index (χ1v) is 11.5. The Morgan fingerprint density at radius 1 is 1.08 bits per heavy atom. The van der Waals surface area contributed by atoms with Crippen molar-refractivity contribution in [2.24, 2.45) is 11.0 Å². The number of benzene rings is 3. The van der Waals surface area contributed by atoms with Crippen molar-refractivity contribution in [3.05, 3.63) is 94.8 Å². The van der Waals surface area contributed by atoms with Gasteiger partial charge in [-0.15, -0.1) is 0 Å². The van der Waals surface area contributed by atoms with Crippen LogP contribution in [0.4, 0.5) is 4.39 Å². The van der Waals surface area contributed by atoms with Crippen LogP contribution in [0.5, 0.6) is 11.5 Å². The SMILES string of the molecule is COc1cc(/C=N/NC(=O)C(NC(=O)c2ccccc2F)C(C)C)ccc1OCc1ccccc1C#N. The zero-order chi connectivity index (χ0) is 26.8. The summed E-state index contributed by atoms with van der Waals surface area (Å²) in [6.45, 7) is 3.71. The summed E-state index contributed by atoms with van der Waals surface area (Å²) in [6.07, 6.45) is 1.42. The molecule has 0 saturated carbocycles. The fourth-order valence-electron chi connectivity index (χ4n) is 3.43. The molecule has 0 radical (unpaired) electrons. The number of rotatable bonds is 10. The molecule has 0 bridgehead atoms. The standard InChI is InChI=1S/C28H27FN4O4/c1-18(2)26(32-27(34)22-10-6-7-11-23(22)29)28(35)33-31-16-19-12-13-24(25(14-19)36-3)37-17-21-9-5-4-8-20(21)15-30/h4-14,16,18,26H,17H2,1-3H3,(H,32,34)(H,33,35)/b31-16+. The first-order chi connectivity index (χ1) is 17.8. The number of hydrogen-bond acceptors (Lipinski definition) is 6. The predicted molar refractivity (Wildman–Crippen MR) is 137 cm³/mol. The highest BCUT2D eigenvalue weighted by atomic mass is 19.1. The summed E-state index contributed by atoms with van der Waals surface area (Å²) in [5.41, 5.74) is 4.18. The summed E-state index contributed by atoms with van der Waals surface area (Å²) in [6, 6.07) is 19.0. The largest absolute Gasteiger partial charge is 0.493 e. The van der Waals surface area contributed by atoms with E-state index >= 15 is 0 Å². The Bertz CT molecular complexity index is 1330. The van der Waals surface area contributed by atoms with Gasteiger partial charge in [0.15, 0.2) is 11.5 Å². The number of hydrogen-bond donors (Lipinski definition) is 2. The second-order valence-electron chi connectivity index (χ2n) is 8.38. The molecule has 2 N–H and O–H groups in total. The Morgan fingerprint density at radius 3 is 2.51 bits per heavy atom. The van der Waals surface area contributed by atoms with Gasteiger partial charge in [-0.05, 0) is 47.9 Å². The number of carbonyl (C=O) groups excluding carboxylic acids is 2. The van der Waals surface area contributed by atoms with Gasteiger partial charge in [0, 0.05) is 5.56 Å². The van der Waals surface area contributed by atoms with Crippen LogP contribution in [0.15, 0.2) is 71.8 Å². The maximum atomic E-state index is 13.9. The van der Waals surface area contributed by atoms with Crippen molar-refractivity contribution in [2.45, 2.75) is 26.5 Å². The van der Waals surface area contributed by atoms with Crippen LogP contribution in [0.1, 0.15) is 40.9 Å². The minimum absolute atomic E-state index is 0.144. The summed E-state index contributed by atoms with van der Waals surface area (Å²) in [5.74, 6) is -1.24. The number of methoxy groups -OCH3 is 1. The van der Waals surface area contributed by atoms with Gasteiger partial charge in [0.1, 0.15) is 18.5 Å². The summed E-state index contributed by atoms with van der Waals surface area (Å²) >= 11 is 0. The molecule has 3 rings (SSSR count). The molecule has 0 aliphatic heterocycles. The molecular weight excluding hydrogens is 475 g/mol. The molecule has 0 fully saturated rings. The van der Waals surface area contributed by atoms with Gasteiger partial charge in [-0.25, -0.2) is 9.82 Å². The van der Waals surface area contributed by atoms with Gasteiger partial charge in [0.2, 0.25) is 0 Å². The smallest absolute Gasteiger partial charge is 0.262 e. The Labute approximate surface area is 214 Å². The van der Waals surface area contributed by atoms with Crippen molar-refractivity contribution in [3.8, 4) is 17.6 Å². The fourth-order valence-corrected chi connectivity index (χ4v) is 3.43. The number of nitrogens with zero attached hydrogens (tertiary/aromatic N) is 2. The third kappa shape index (κ3) is 7.15. The highest BCUT2D eigenvalue weighted by Crippen LogP contribution is 2.28. The first kappa shape index (κ1) is 26.9. The Morgan fingerprint density at radius 2 is 1.81 bits per heavy atom. The van der Waals surface area contributed by atoms with Crippen LogP contribution in [0.2, 0.25) is 0 Å².